The van der Waals surface area contributed by atoms with Gasteiger partial charge in [0.25, 0.3) is 0 Å². The Bertz CT molecular complexity index is 1090. The molecule has 2 aromatic rings. The van der Waals surface area contributed by atoms with Crippen LogP contribution in [0.25, 0.3) is 0 Å². The lowest BCUT2D eigenvalue weighted by molar-refractivity contribution is -0.150. The molecule has 4 atom stereocenters. The summed E-state index contributed by atoms with van der Waals surface area (Å²) >= 11 is 0. The molecule has 1 heterocycles. The fraction of sp³-hybridized carbons (Fsp3) is 0.406. The number of carbonyl (C=O) groups is 3. The average molecular weight is 533 g/mol. The third-order valence-corrected chi connectivity index (χ3v) is 7.17. The first-order valence-corrected chi connectivity index (χ1v) is 13.6. The number of rotatable bonds is 15. The van der Waals surface area contributed by atoms with Crippen molar-refractivity contribution >= 4 is 17.8 Å². The van der Waals surface area contributed by atoms with Gasteiger partial charge in [-0.2, -0.15) is 0 Å². The molecule has 1 aliphatic rings. The van der Waals surface area contributed by atoms with E-state index in [1.165, 1.54) is 0 Å². The molecule has 0 aliphatic carbocycles. The number of nitrogens with zero attached hydrogens (tertiary/aromatic N) is 1. The Morgan fingerprint density at radius 1 is 1.00 bits per heavy atom. The van der Waals surface area contributed by atoms with Crippen LogP contribution >= 0.6 is 0 Å². The zero-order chi connectivity index (χ0) is 28.0. The zero-order valence-electron chi connectivity index (χ0n) is 22.5. The Hall–Kier alpha value is -3.71. The quantitative estimate of drug-likeness (QED) is 0.262. The molecule has 7 heteroatoms. The van der Waals surface area contributed by atoms with Gasteiger partial charge in [0.15, 0.2) is 0 Å². The lowest BCUT2D eigenvalue weighted by Gasteiger charge is -2.26. The van der Waals surface area contributed by atoms with Crippen LogP contribution in [0.1, 0.15) is 49.3 Å². The predicted molar refractivity (Wildman–Crippen MR) is 151 cm³/mol. The average Bonchev–Trinajstić information content (AvgIpc) is 3.45. The van der Waals surface area contributed by atoms with E-state index in [1.807, 2.05) is 60.7 Å². The SMILES string of the molecule is C=CC[C@@H](CC(=O)N1CCC[C@H]1CO)C(=O)N[C@@H](COC(=O)[C@@H](CC=C)Cc1ccccc1)c1ccccc1. The van der Waals surface area contributed by atoms with Gasteiger partial charge in [0.2, 0.25) is 11.8 Å². The summed E-state index contributed by atoms with van der Waals surface area (Å²) < 4.78 is 5.75. The highest BCUT2D eigenvalue weighted by atomic mass is 16.5. The van der Waals surface area contributed by atoms with Gasteiger partial charge in [-0.15, -0.1) is 13.2 Å². The van der Waals surface area contributed by atoms with E-state index in [9.17, 15) is 19.5 Å². The molecule has 7 nitrogen and oxygen atoms in total. The summed E-state index contributed by atoms with van der Waals surface area (Å²) in [4.78, 5) is 41.1. The fourth-order valence-electron chi connectivity index (χ4n) is 5.01. The van der Waals surface area contributed by atoms with Crippen LogP contribution < -0.4 is 5.32 Å². The number of likely N-dealkylation sites (tertiary alicyclic amines) is 1. The first-order valence-electron chi connectivity index (χ1n) is 13.6. The summed E-state index contributed by atoms with van der Waals surface area (Å²) in [5.41, 5.74) is 1.83. The molecular formula is C32H40N2O5. The maximum Gasteiger partial charge on any atom is 0.309 e. The normalized spacial score (nSPS) is 17.1. The molecule has 208 valence electrons. The molecule has 1 fully saturated rings. The van der Waals surface area contributed by atoms with Crippen molar-refractivity contribution in [2.75, 3.05) is 19.8 Å². The van der Waals surface area contributed by atoms with Gasteiger partial charge in [-0.25, -0.2) is 0 Å². The van der Waals surface area contributed by atoms with Gasteiger partial charge in [-0.05, 0) is 43.2 Å². The van der Waals surface area contributed by atoms with Crippen LogP contribution in [0.5, 0.6) is 0 Å². The summed E-state index contributed by atoms with van der Waals surface area (Å²) in [7, 11) is 0. The number of esters is 1. The molecule has 0 bridgehead atoms. The van der Waals surface area contributed by atoms with Gasteiger partial charge < -0.3 is 20.1 Å². The lowest BCUT2D eigenvalue weighted by atomic mass is 9.96. The summed E-state index contributed by atoms with van der Waals surface area (Å²) in [6.45, 7) is 8.02. The van der Waals surface area contributed by atoms with Crippen molar-refractivity contribution in [2.24, 2.45) is 11.8 Å². The second-order valence-corrected chi connectivity index (χ2v) is 10.0. The Labute approximate surface area is 231 Å². The van der Waals surface area contributed by atoms with Crippen LogP contribution in [0.4, 0.5) is 0 Å². The maximum atomic E-state index is 13.4. The molecule has 0 aromatic heterocycles. The number of ether oxygens (including phenoxy) is 1. The molecule has 39 heavy (non-hydrogen) atoms. The van der Waals surface area contributed by atoms with Crippen LogP contribution in [0.2, 0.25) is 0 Å². The monoisotopic (exact) mass is 532 g/mol. The molecular weight excluding hydrogens is 492 g/mol. The second kappa shape index (κ2) is 15.6. The highest BCUT2D eigenvalue weighted by Gasteiger charge is 2.32. The Morgan fingerprint density at radius 2 is 1.64 bits per heavy atom. The van der Waals surface area contributed by atoms with Crippen LogP contribution in [0.3, 0.4) is 0 Å². The lowest BCUT2D eigenvalue weighted by Crippen LogP contribution is -2.42. The van der Waals surface area contributed by atoms with E-state index in [-0.39, 0.29) is 49.4 Å². The molecule has 0 unspecified atom stereocenters. The number of hydrogen-bond acceptors (Lipinski definition) is 5. The minimum atomic E-state index is -0.622. The smallest absolute Gasteiger partial charge is 0.309 e. The van der Waals surface area contributed by atoms with Gasteiger partial charge >= 0.3 is 5.97 Å². The summed E-state index contributed by atoms with van der Waals surface area (Å²) in [6.07, 6.45) is 6.31. The second-order valence-electron chi connectivity index (χ2n) is 10.0. The number of amides is 2. The molecule has 2 amide bonds. The summed E-state index contributed by atoms with van der Waals surface area (Å²) in [6, 6.07) is 18.3. The molecule has 0 spiro atoms. The number of aliphatic hydroxyl groups is 1. The van der Waals surface area contributed by atoms with E-state index in [0.717, 1.165) is 24.0 Å². The Morgan fingerprint density at radius 3 is 2.28 bits per heavy atom. The molecule has 1 saturated heterocycles. The largest absolute Gasteiger partial charge is 0.463 e. The van der Waals surface area contributed by atoms with Crippen molar-refractivity contribution in [1.82, 2.24) is 10.2 Å². The van der Waals surface area contributed by atoms with Crippen molar-refractivity contribution < 1.29 is 24.2 Å². The van der Waals surface area contributed by atoms with Crippen LogP contribution in [-0.4, -0.2) is 53.6 Å². The van der Waals surface area contributed by atoms with Crippen molar-refractivity contribution in [3.63, 3.8) is 0 Å². The molecule has 2 N–H and O–H groups in total. The predicted octanol–water partition coefficient (Wildman–Crippen LogP) is 4.39. The Balaban J connectivity index is 1.69. The van der Waals surface area contributed by atoms with E-state index < -0.39 is 12.0 Å². The van der Waals surface area contributed by atoms with Crippen molar-refractivity contribution in [2.45, 2.75) is 50.6 Å². The zero-order valence-corrected chi connectivity index (χ0v) is 22.5. The van der Waals surface area contributed by atoms with Crippen LogP contribution in [0, 0.1) is 11.8 Å². The van der Waals surface area contributed by atoms with Gasteiger partial charge in [-0.3, -0.25) is 14.4 Å². The standard InChI is InChI=1S/C32H40N2O5/c1-3-12-26(21-30(36)34-19-11-18-28(34)22-35)31(37)33-29(25-16-9-6-10-17-25)23-39-32(38)27(13-4-2)20-24-14-7-5-8-15-24/h3-10,14-17,26-29,35H,1-2,11-13,18-23H2,(H,33,37)/t26-,27-,28-,29-/m0/s1. The van der Waals surface area contributed by atoms with Gasteiger partial charge in [0.1, 0.15) is 6.61 Å². The highest BCUT2D eigenvalue weighted by molar-refractivity contribution is 5.86. The topological polar surface area (TPSA) is 95.9 Å². The van der Waals surface area contributed by atoms with Gasteiger partial charge in [-0.1, -0.05) is 72.8 Å². The first-order chi connectivity index (χ1) is 19.0. The summed E-state index contributed by atoms with van der Waals surface area (Å²) in [5, 5.41) is 12.6. The van der Waals surface area contributed by atoms with E-state index >= 15 is 0 Å². The third kappa shape index (κ3) is 8.93. The van der Waals surface area contributed by atoms with Crippen molar-refractivity contribution in [3.05, 3.63) is 97.1 Å². The molecule has 2 aromatic carbocycles. The molecule has 0 radical (unpaired) electrons. The van der Waals surface area contributed by atoms with Crippen molar-refractivity contribution in [3.8, 4) is 0 Å². The fourth-order valence-corrected chi connectivity index (χ4v) is 5.01. The number of allylic oxidation sites excluding steroid dienone is 2. The number of carbonyl (C=O) groups excluding carboxylic acids is 3. The maximum absolute atomic E-state index is 13.4. The van der Waals surface area contributed by atoms with Crippen LogP contribution in [-0.2, 0) is 25.5 Å². The number of benzene rings is 2. The first kappa shape index (κ1) is 29.8. The Kier molecular flexibility index (Phi) is 12.0. The number of aliphatic hydroxyl groups excluding tert-OH is 1. The summed E-state index contributed by atoms with van der Waals surface area (Å²) in [5.74, 6) is -1.81. The molecule has 0 saturated carbocycles. The van der Waals surface area contributed by atoms with Crippen LogP contribution in [0.15, 0.2) is 86.0 Å². The van der Waals surface area contributed by atoms with Gasteiger partial charge in [0, 0.05) is 13.0 Å². The minimum Gasteiger partial charge on any atom is -0.463 e. The molecule has 3 rings (SSSR count). The third-order valence-electron chi connectivity index (χ3n) is 7.17. The van der Waals surface area contributed by atoms with E-state index in [2.05, 4.69) is 18.5 Å². The number of hydrogen-bond donors (Lipinski definition) is 2. The van der Waals surface area contributed by atoms with Crippen molar-refractivity contribution in [1.29, 1.82) is 0 Å². The van der Waals surface area contributed by atoms with Gasteiger partial charge in [0.05, 0.1) is 30.5 Å². The van der Waals surface area contributed by atoms with E-state index in [0.29, 0.717) is 25.8 Å². The highest BCUT2D eigenvalue weighted by Crippen LogP contribution is 2.23. The minimum absolute atomic E-state index is 0.0220. The number of nitrogens with one attached hydrogen (secondary N) is 1. The molecule has 1 aliphatic heterocycles. The van der Waals surface area contributed by atoms with E-state index in [1.54, 1.807) is 17.1 Å². The van der Waals surface area contributed by atoms with E-state index in [4.69, 9.17) is 4.74 Å².